The van der Waals surface area contributed by atoms with Crippen molar-refractivity contribution < 1.29 is 46.2 Å². The van der Waals surface area contributed by atoms with Crippen LogP contribution in [0.15, 0.2) is 30.4 Å². The molecule has 3 saturated carbocycles. The average Bonchev–Trinajstić information content (AvgIpc) is 3.96. The predicted molar refractivity (Wildman–Crippen MR) is 198 cm³/mol. The average molecular weight is 784 g/mol. The standard InChI is InChI=1S/C39H50FN5O9S/c1-23-35(42-30-19-26(52-3)14-15-29(30)41-23)53-27-20-31-34(47)43-39(37(49)44-55(50,51)38(2)16-17-38)21-25(39)11-8-6-4-5-7-10-24(36(48)45(31)22-27)18-33(46)54-32-13-9-12-28(32)40/h8,11,14-15,19,24-25,27-28,31-32H,4-7,9-10,12-13,16-18,20-22H2,1-3H3,(H,43,47)(H,44,49)/b11-8-/t24-,25-,27-,28-,31+,32-,39-/m1/s1. The summed E-state index contributed by atoms with van der Waals surface area (Å²) in [6.07, 6.45) is 6.29. The fourth-order valence-corrected chi connectivity index (χ4v) is 9.32. The highest BCUT2D eigenvalue weighted by atomic mass is 32.2. The Labute approximate surface area is 320 Å². The van der Waals surface area contributed by atoms with E-state index >= 15 is 0 Å². The molecule has 7 rings (SSSR count). The third kappa shape index (κ3) is 8.15. The highest BCUT2D eigenvalue weighted by Gasteiger charge is 2.63. The van der Waals surface area contributed by atoms with Crippen LogP contribution in [-0.4, -0.2) is 95.3 Å². The lowest BCUT2D eigenvalue weighted by Crippen LogP contribution is -2.57. The molecular formula is C39H50FN5O9S. The Morgan fingerprint density at radius 2 is 1.87 bits per heavy atom. The zero-order valence-corrected chi connectivity index (χ0v) is 32.4. The van der Waals surface area contributed by atoms with Crippen LogP contribution < -0.4 is 19.5 Å². The number of amides is 3. The molecule has 2 aromatic rings. The largest absolute Gasteiger partial charge is 0.497 e. The van der Waals surface area contributed by atoms with Crippen LogP contribution in [0, 0.1) is 18.8 Å². The van der Waals surface area contributed by atoms with Crippen LogP contribution in [0.3, 0.4) is 0 Å². The van der Waals surface area contributed by atoms with E-state index in [1.54, 1.807) is 39.2 Å². The molecule has 3 heterocycles. The number of benzene rings is 1. The molecule has 1 aromatic heterocycles. The Morgan fingerprint density at radius 3 is 2.60 bits per heavy atom. The van der Waals surface area contributed by atoms with Crippen LogP contribution in [0.5, 0.6) is 11.6 Å². The Kier molecular flexibility index (Phi) is 10.8. The molecule has 5 aliphatic rings. The van der Waals surface area contributed by atoms with E-state index in [1.165, 1.54) is 4.90 Å². The number of ether oxygens (including phenoxy) is 3. The van der Waals surface area contributed by atoms with Gasteiger partial charge >= 0.3 is 5.97 Å². The molecule has 1 aromatic carbocycles. The van der Waals surface area contributed by atoms with E-state index in [0.29, 0.717) is 73.8 Å². The van der Waals surface area contributed by atoms with Gasteiger partial charge in [0.2, 0.25) is 27.7 Å². The minimum Gasteiger partial charge on any atom is -0.497 e. The maximum absolute atomic E-state index is 14.6. The predicted octanol–water partition coefficient (Wildman–Crippen LogP) is 4.13. The number of halogens is 1. The van der Waals surface area contributed by atoms with Gasteiger partial charge in [0.05, 0.1) is 35.9 Å². The summed E-state index contributed by atoms with van der Waals surface area (Å²) in [7, 11) is -2.46. The molecular weight excluding hydrogens is 734 g/mol. The van der Waals surface area contributed by atoms with Crippen LogP contribution in [0.1, 0.15) is 96.1 Å². The van der Waals surface area contributed by atoms with E-state index in [9.17, 15) is 32.0 Å². The molecule has 7 atom stereocenters. The van der Waals surface area contributed by atoms with Crippen molar-refractivity contribution in [2.24, 2.45) is 11.8 Å². The number of methoxy groups -OCH3 is 1. The van der Waals surface area contributed by atoms with Gasteiger partial charge in [0.15, 0.2) is 0 Å². The van der Waals surface area contributed by atoms with Crippen molar-refractivity contribution in [3.05, 3.63) is 36.0 Å². The molecule has 0 radical (unpaired) electrons. The second-order valence-electron chi connectivity index (χ2n) is 16.0. The zero-order chi connectivity index (χ0) is 39.1. The maximum Gasteiger partial charge on any atom is 0.306 e. The number of alkyl halides is 1. The highest BCUT2D eigenvalue weighted by Crippen LogP contribution is 2.47. The number of hydrogen-bond donors (Lipinski definition) is 2. The molecule has 1 saturated heterocycles. The lowest BCUT2D eigenvalue weighted by atomic mass is 9.95. The molecule has 2 N–H and O–H groups in total. The maximum atomic E-state index is 14.6. The summed E-state index contributed by atoms with van der Waals surface area (Å²) in [5.41, 5.74) is 0.103. The molecule has 16 heteroatoms. The van der Waals surface area contributed by atoms with Gasteiger partial charge in [-0.05, 0) is 83.8 Å². The molecule has 3 aliphatic carbocycles. The summed E-state index contributed by atoms with van der Waals surface area (Å²) in [5, 5.41) is 2.87. The van der Waals surface area contributed by atoms with E-state index in [0.717, 1.165) is 12.8 Å². The fourth-order valence-electron chi connectivity index (χ4n) is 8.01. The van der Waals surface area contributed by atoms with Gasteiger partial charge in [0.1, 0.15) is 41.4 Å². The summed E-state index contributed by atoms with van der Waals surface area (Å²) < 4.78 is 59.1. The summed E-state index contributed by atoms with van der Waals surface area (Å²) in [4.78, 5) is 66.7. The van der Waals surface area contributed by atoms with Gasteiger partial charge in [-0.2, -0.15) is 0 Å². The third-order valence-corrected chi connectivity index (χ3v) is 14.1. The normalized spacial score (nSPS) is 31.2. The number of carbonyl (C=O) groups is 4. The van der Waals surface area contributed by atoms with E-state index in [4.69, 9.17) is 14.2 Å². The molecule has 298 valence electrons. The van der Waals surface area contributed by atoms with Crippen molar-refractivity contribution in [2.75, 3.05) is 13.7 Å². The van der Waals surface area contributed by atoms with E-state index in [-0.39, 0.29) is 31.7 Å². The number of hydrogen-bond acceptors (Lipinski definition) is 11. The second-order valence-corrected chi connectivity index (χ2v) is 18.2. The van der Waals surface area contributed by atoms with Gasteiger partial charge in [-0.3, -0.25) is 23.9 Å². The fraction of sp³-hybridized carbons (Fsp3) is 0.641. The van der Waals surface area contributed by atoms with E-state index in [1.807, 2.05) is 12.2 Å². The number of nitrogens with zero attached hydrogens (tertiary/aromatic N) is 3. The number of carbonyl (C=O) groups excluding carboxylic acids is 4. The first-order chi connectivity index (χ1) is 26.2. The molecule has 0 bridgehead atoms. The molecule has 2 aliphatic heterocycles. The van der Waals surface area contributed by atoms with Gasteiger partial charge in [0.25, 0.3) is 5.91 Å². The lowest BCUT2D eigenvalue weighted by molar-refractivity contribution is -0.156. The van der Waals surface area contributed by atoms with E-state index in [2.05, 4.69) is 20.0 Å². The summed E-state index contributed by atoms with van der Waals surface area (Å²) in [5.74, 6) is -3.10. The number of aryl methyl sites for hydroxylation is 1. The van der Waals surface area contributed by atoms with Crippen molar-refractivity contribution in [3.8, 4) is 11.6 Å². The van der Waals surface area contributed by atoms with Crippen LogP contribution in [0.25, 0.3) is 11.0 Å². The number of allylic oxidation sites excluding steroid dienone is 1. The minimum atomic E-state index is -4.00. The monoisotopic (exact) mass is 783 g/mol. The molecule has 0 unspecified atom stereocenters. The summed E-state index contributed by atoms with van der Waals surface area (Å²) >= 11 is 0. The van der Waals surface area contributed by atoms with Crippen LogP contribution in [0.2, 0.25) is 0 Å². The molecule has 14 nitrogen and oxygen atoms in total. The van der Waals surface area contributed by atoms with Gasteiger partial charge in [-0.1, -0.05) is 25.0 Å². The molecule has 0 spiro atoms. The van der Waals surface area contributed by atoms with Crippen molar-refractivity contribution in [1.29, 1.82) is 0 Å². The smallest absolute Gasteiger partial charge is 0.306 e. The first-order valence-corrected chi connectivity index (χ1v) is 20.9. The molecule has 3 amide bonds. The Hall–Kier alpha value is -4.34. The first kappa shape index (κ1) is 38.9. The van der Waals surface area contributed by atoms with Crippen LogP contribution in [-0.2, 0) is 33.9 Å². The Bertz CT molecular complexity index is 1990. The topological polar surface area (TPSA) is 183 Å². The van der Waals surface area contributed by atoms with Crippen LogP contribution in [0.4, 0.5) is 4.39 Å². The van der Waals surface area contributed by atoms with Gasteiger partial charge < -0.3 is 24.4 Å². The highest BCUT2D eigenvalue weighted by molar-refractivity contribution is 7.91. The van der Waals surface area contributed by atoms with Crippen molar-refractivity contribution in [3.63, 3.8) is 0 Å². The van der Waals surface area contributed by atoms with Crippen molar-refractivity contribution >= 4 is 44.7 Å². The van der Waals surface area contributed by atoms with Gasteiger partial charge in [-0.25, -0.2) is 22.8 Å². The summed E-state index contributed by atoms with van der Waals surface area (Å²) in [6.45, 7) is 3.28. The van der Waals surface area contributed by atoms with Crippen LogP contribution >= 0.6 is 0 Å². The van der Waals surface area contributed by atoms with Crippen molar-refractivity contribution in [1.82, 2.24) is 24.9 Å². The quantitative estimate of drug-likeness (QED) is 0.276. The molecule has 55 heavy (non-hydrogen) atoms. The SMILES string of the molecule is COc1ccc2nc(C)c(O[C@@H]3C[C@H]4C(=O)N[C@]5(C(=O)NS(=O)(=O)C6(C)CC6)C[C@H]5/C=C\CCCCC[C@H](CC(=O)O[C@@H]5CCC[C@H]5F)C(=O)N4C3)nc2c1. The minimum absolute atomic E-state index is 0.0200. The summed E-state index contributed by atoms with van der Waals surface area (Å²) in [6, 6.07) is 4.14. The Balaban J connectivity index is 1.18. The second kappa shape index (κ2) is 15.3. The van der Waals surface area contributed by atoms with E-state index < -0.39 is 80.3 Å². The number of aromatic nitrogens is 2. The number of nitrogens with one attached hydrogen (secondary N) is 2. The molecule has 4 fully saturated rings. The number of rotatable bonds is 9. The van der Waals surface area contributed by atoms with Gasteiger partial charge in [0, 0.05) is 24.3 Å². The lowest BCUT2D eigenvalue weighted by Gasteiger charge is -2.29. The number of fused-ring (bicyclic) bond motifs is 3. The Morgan fingerprint density at radius 1 is 1.07 bits per heavy atom. The van der Waals surface area contributed by atoms with Crippen molar-refractivity contribution in [2.45, 2.75) is 132 Å². The number of esters is 1. The zero-order valence-electron chi connectivity index (χ0n) is 31.6. The van der Waals surface area contributed by atoms with Gasteiger partial charge in [-0.15, -0.1) is 0 Å². The first-order valence-electron chi connectivity index (χ1n) is 19.4. The third-order valence-electron chi connectivity index (χ3n) is 11.9. The number of sulfonamides is 1.